The standard InChI is InChI=1S/C18H27NO2/c1-14-7-6-8-16(11-14)13-19-10-5-4-9-17(19)12-15(2)18(20)21-3/h6-8,11,15,17H,4-5,9-10,12-13H2,1-3H3. The van der Waals surface area contributed by atoms with E-state index < -0.39 is 0 Å². The maximum absolute atomic E-state index is 11.7. The topological polar surface area (TPSA) is 29.5 Å². The lowest BCUT2D eigenvalue weighted by Crippen LogP contribution is -2.40. The Morgan fingerprint density at radius 2 is 2.24 bits per heavy atom. The number of carbonyl (C=O) groups is 1. The molecule has 2 unspecified atom stereocenters. The van der Waals surface area contributed by atoms with Crippen molar-refractivity contribution in [2.45, 2.75) is 52.1 Å². The highest BCUT2D eigenvalue weighted by molar-refractivity contribution is 5.71. The minimum absolute atomic E-state index is 0.0156. The fourth-order valence-electron chi connectivity index (χ4n) is 3.29. The molecule has 1 saturated heterocycles. The highest BCUT2D eigenvalue weighted by Crippen LogP contribution is 2.25. The summed E-state index contributed by atoms with van der Waals surface area (Å²) in [6, 6.07) is 9.21. The van der Waals surface area contributed by atoms with Crippen molar-refractivity contribution in [2.24, 2.45) is 5.92 Å². The normalized spacial score (nSPS) is 21.0. The molecule has 0 N–H and O–H groups in total. The molecular weight excluding hydrogens is 262 g/mol. The summed E-state index contributed by atoms with van der Waals surface area (Å²) in [5, 5.41) is 0. The van der Waals surface area contributed by atoms with Gasteiger partial charge in [-0.25, -0.2) is 0 Å². The van der Waals surface area contributed by atoms with Gasteiger partial charge in [-0.2, -0.15) is 0 Å². The summed E-state index contributed by atoms with van der Waals surface area (Å²) in [7, 11) is 1.48. The number of piperidine rings is 1. The van der Waals surface area contributed by atoms with Gasteiger partial charge in [-0.1, -0.05) is 43.2 Å². The number of likely N-dealkylation sites (tertiary alicyclic amines) is 1. The number of methoxy groups -OCH3 is 1. The van der Waals surface area contributed by atoms with E-state index in [1.807, 2.05) is 6.92 Å². The number of aryl methyl sites for hydroxylation is 1. The van der Waals surface area contributed by atoms with Gasteiger partial charge in [0.25, 0.3) is 0 Å². The van der Waals surface area contributed by atoms with Crippen LogP contribution in [0.5, 0.6) is 0 Å². The first-order chi connectivity index (χ1) is 10.1. The molecule has 0 amide bonds. The van der Waals surface area contributed by atoms with Crippen LogP contribution < -0.4 is 0 Å². The van der Waals surface area contributed by atoms with Crippen molar-refractivity contribution in [1.29, 1.82) is 0 Å². The number of esters is 1. The van der Waals surface area contributed by atoms with Crippen molar-refractivity contribution in [2.75, 3.05) is 13.7 Å². The minimum atomic E-state index is -0.0870. The lowest BCUT2D eigenvalue weighted by molar-refractivity contribution is -0.145. The van der Waals surface area contributed by atoms with Crippen molar-refractivity contribution in [1.82, 2.24) is 4.90 Å². The molecule has 3 nitrogen and oxygen atoms in total. The molecule has 1 aromatic carbocycles. The lowest BCUT2D eigenvalue weighted by Gasteiger charge is -2.36. The molecule has 1 heterocycles. The number of ether oxygens (including phenoxy) is 1. The lowest BCUT2D eigenvalue weighted by atomic mass is 9.92. The number of rotatable bonds is 5. The van der Waals surface area contributed by atoms with Gasteiger partial charge in [-0.05, 0) is 38.3 Å². The molecule has 2 atom stereocenters. The number of hydrogen-bond acceptors (Lipinski definition) is 3. The third kappa shape index (κ3) is 4.57. The first-order valence-electron chi connectivity index (χ1n) is 7.97. The Morgan fingerprint density at radius 3 is 2.95 bits per heavy atom. The Balaban J connectivity index is 2.00. The first kappa shape index (κ1) is 16.0. The molecule has 0 spiro atoms. The van der Waals surface area contributed by atoms with Crippen LogP contribution in [0.2, 0.25) is 0 Å². The SMILES string of the molecule is COC(=O)C(C)CC1CCCCN1Cc1cccc(C)c1. The molecule has 0 bridgehead atoms. The molecule has 3 heteroatoms. The van der Waals surface area contributed by atoms with E-state index in [1.165, 1.54) is 37.5 Å². The van der Waals surface area contributed by atoms with Crippen molar-refractivity contribution in [3.63, 3.8) is 0 Å². The molecule has 1 fully saturated rings. The van der Waals surface area contributed by atoms with Crippen molar-refractivity contribution < 1.29 is 9.53 Å². The second kappa shape index (κ2) is 7.60. The van der Waals surface area contributed by atoms with Gasteiger partial charge in [0.2, 0.25) is 0 Å². The van der Waals surface area contributed by atoms with Gasteiger partial charge in [0, 0.05) is 12.6 Å². The first-order valence-corrected chi connectivity index (χ1v) is 7.97. The summed E-state index contributed by atoms with van der Waals surface area (Å²) in [4.78, 5) is 14.2. The van der Waals surface area contributed by atoms with Crippen molar-refractivity contribution in [3.8, 4) is 0 Å². The summed E-state index contributed by atoms with van der Waals surface area (Å²) in [6.45, 7) is 6.23. The van der Waals surface area contributed by atoms with Crippen LogP contribution in [0.25, 0.3) is 0 Å². The average molecular weight is 289 g/mol. The van der Waals surface area contributed by atoms with Gasteiger partial charge >= 0.3 is 5.97 Å². The number of hydrogen-bond donors (Lipinski definition) is 0. The third-order valence-corrected chi connectivity index (χ3v) is 4.45. The molecule has 0 saturated carbocycles. The van der Waals surface area contributed by atoms with Crippen molar-refractivity contribution >= 4 is 5.97 Å². The molecular formula is C18H27NO2. The van der Waals surface area contributed by atoms with E-state index in [0.29, 0.717) is 6.04 Å². The van der Waals surface area contributed by atoms with Crippen LogP contribution in [0.4, 0.5) is 0 Å². The molecule has 21 heavy (non-hydrogen) atoms. The maximum Gasteiger partial charge on any atom is 0.308 e. The Kier molecular flexibility index (Phi) is 5.80. The predicted molar refractivity (Wildman–Crippen MR) is 85.0 cm³/mol. The van der Waals surface area contributed by atoms with E-state index >= 15 is 0 Å². The smallest absolute Gasteiger partial charge is 0.308 e. The van der Waals surface area contributed by atoms with E-state index in [2.05, 4.69) is 36.1 Å². The summed E-state index contributed by atoms with van der Waals surface area (Å²) in [5.41, 5.74) is 2.68. The third-order valence-electron chi connectivity index (χ3n) is 4.45. The summed E-state index contributed by atoms with van der Waals surface area (Å²) >= 11 is 0. The number of benzene rings is 1. The van der Waals surface area contributed by atoms with Crippen LogP contribution in [-0.4, -0.2) is 30.6 Å². The van der Waals surface area contributed by atoms with Gasteiger partial charge in [0.05, 0.1) is 13.0 Å². The fourth-order valence-corrected chi connectivity index (χ4v) is 3.29. The van der Waals surface area contributed by atoms with E-state index in [9.17, 15) is 4.79 Å². The zero-order valence-electron chi connectivity index (χ0n) is 13.5. The Bertz CT molecular complexity index is 472. The highest BCUT2D eigenvalue weighted by Gasteiger charge is 2.26. The molecule has 1 aliphatic rings. The quantitative estimate of drug-likeness (QED) is 0.776. The second-order valence-electron chi connectivity index (χ2n) is 6.27. The molecule has 116 valence electrons. The van der Waals surface area contributed by atoms with E-state index in [0.717, 1.165) is 19.5 Å². The molecule has 1 aromatic rings. The Hall–Kier alpha value is -1.35. The largest absolute Gasteiger partial charge is 0.469 e. The van der Waals surface area contributed by atoms with E-state index in [4.69, 9.17) is 4.74 Å². The summed E-state index contributed by atoms with van der Waals surface area (Å²) < 4.78 is 4.87. The van der Waals surface area contributed by atoms with Gasteiger partial charge in [-0.15, -0.1) is 0 Å². The fraction of sp³-hybridized carbons (Fsp3) is 0.611. The molecule has 0 aliphatic carbocycles. The zero-order valence-corrected chi connectivity index (χ0v) is 13.5. The van der Waals surface area contributed by atoms with Crippen LogP contribution in [0.15, 0.2) is 24.3 Å². The van der Waals surface area contributed by atoms with Gasteiger partial charge in [0.1, 0.15) is 0 Å². The van der Waals surface area contributed by atoms with Crippen molar-refractivity contribution in [3.05, 3.63) is 35.4 Å². The molecule has 1 aliphatic heterocycles. The van der Waals surface area contributed by atoms with Crippen LogP contribution in [0.3, 0.4) is 0 Å². The Morgan fingerprint density at radius 1 is 1.43 bits per heavy atom. The zero-order chi connectivity index (χ0) is 15.2. The Labute approximate surface area is 128 Å². The maximum atomic E-state index is 11.7. The summed E-state index contributed by atoms with van der Waals surface area (Å²) in [5.74, 6) is -0.103. The average Bonchev–Trinajstić information content (AvgIpc) is 2.48. The monoisotopic (exact) mass is 289 g/mol. The summed E-state index contributed by atoms with van der Waals surface area (Å²) in [6.07, 6.45) is 4.61. The van der Waals surface area contributed by atoms with Crippen LogP contribution in [0.1, 0.15) is 43.7 Å². The van der Waals surface area contributed by atoms with Gasteiger partial charge < -0.3 is 4.74 Å². The highest BCUT2D eigenvalue weighted by atomic mass is 16.5. The van der Waals surface area contributed by atoms with E-state index in [-0.39, 0.29) is 11.9 Å². The van der Waals surface area contributed by atoms with Crippen LogP contribution in [0, 0.1) is 12.8 Å². The minimum Gasteiger partial charge on any atom is -0.469 e. The molecule has 0 radical (unpaired) electrons. The number of carbonyl (C=O) groups excluding carboxylic acids is 1. The van der Waals surface area contributed by atoms with Crippen LogP contribution >= 0.6 is 0 Å². The number of nitrogens with zero attached hydrogens (tertiary/aromatic N) is 1. The van der Waals surface area contributed by atoms with Crippen LogP contribution in [-0.2, 0) is 16.1 Å². The van der Waals surface area contributed by atoms with Gasteiger partial charge in [0.15, 0.2) is 0 Å². The second-order valence-corrected chi connectivity index (χ2v) is 6.27. The molecule has 2 rings (SSSR count). The predicted octanol–water partition coefficient (Wildman–Crippen LogP) is 3.55. The van der Waals surface area contributed by atoms with Gasteiger partial charge in [-0.3, -0.25) is 9.69 Å². The van der Waals surface area contributed by atoms with E-state index in [1.54, 1.807) is 0 Å². The molecule has 0 aromatic heterocycles.